The summed E-state index contributed by atoms with van der Waals surface area (Å²) in [6.07, 6.45) is 1.90. The van der Waals surface area contributed by atoms with E-state index >= 15 is 0 Å². The third kappa shape index (κ3) is 17.0. The highest BCUT2D eigenvalue weighted by atomic mass is 32.1. The second-order valence-electron chi connectivity index (χ2n) is 15.8. The van der Waals surface area contributed by atoms with Crippen LogP contribution in [0.4, 0.5) is 0 Å². The topological polar surface area (TPSA) is 182 Å². The van der Waals surface area contributed by atoms with Crippen molar-refractivity contribution in [1.82, 2.24) is 25.8 Å². The summed E-state index contributed by atoms with van der Waals surface area (Å²) in [5.74, 6) is -1.86. The van der Waals surface area contributed by atoms with Gasteiger partial charge in [0.25, 0.3) is 0 Å². The number of rotatable bonds is 27. The number of amides is 5. The Morgan fingerprint density at radius 2 is 1.61 bits per heavy atom. The summed E-state index contributed by atoms with van der Waals surface area (Å²) < 4.78 is 22.6. The first-order valence-corrected chi connectivity index (χ1v) is 21.6. The van der Waals surface area contributed by atoms with Crippen LogP contribution in [0.25, 0.3) is 0 Å². The summed E-state index contributed by atoms with van der Waals surface area (Å²) in [4.78, 5) is 82.0. The second-order valence-corrected chi connectivity index (χ2v) is 16.3. The SMILES string of the molecule is CC[C@H](C)C([C@@H](CC(=O)N1CCC[C@H]1[C@H](OC)[C@@H](C)C(=O)N[C@@H](Cc1ccccc1)C(=O)NCCOCCOC(=O)[C@H](C)NC(=O)CCS)OC)N(C)C(=O)CC(C)C. The minimum Gasteiger partial charge on any atom is -0.462 e. The van der Waals surface area contributed by atoms with Gasteiger partial charge >= 0.3 is 5.97 Å². The molecule has 0 radical (unpaired) electrons. The molecule has 0 saturated carbocycles. The molecule has 1 aliphatic heterocycles. The van der Waals surface area contributed by atoms with Crippen LogP contribution in [-0.2, 0) is 54.1 Å². The Hall–Kier alpha value is -3.73. The minimum atomic E-state index is -0.915. The number of likely N-dealkylation sites (N-methyl/N-ethyl adjacent to an activating group) is 1. The van der Waals surface area contributed by atoms with Gasteiger partial charge in [0.15, 0.2) is 0 Å². The lowest BCUT2D eigenvalue weighted by molar-refractivity contribution is -0.148. The van der Waals surface area contributed by atoms with E-state index in [-0.39, 0.29) is 87.3 Å². The zero-order valence-electron chi connectivity index (χ0n) is 36.7. The lowest BCUT2D eigenvalue weighted by atomic mass is 9.90. The third-order valence-electron chi connectivity index (χ3n) is 10.9. The van der Waals surface area contributed by atoms with Gasteiger partial charge in [0.1, 0.15) is 18.7 Å². The van der Waals surface area contributed by atoms with E-state index in [1.54, 1.807) is 30.9 Å². The van der Waals surface area contributed by atoms with Crippen molar-refractivity contribution in [2.24, 2.45) is 17.8 Å². The van der Waals surface area contributed by atoms with Crippen molar-refractivity contribution >= 4 is 48.1 Å². The third-order valence-corrected chi connectivity index (χ3v) is 11.1. The molecule has 5 amide bonds. The molecule has 1 fully saturated rings. The number of hydrogen-bond donors (Lipinski definition) is 4. The summed E-state index contributed by atoms with van der Waals surface area (Å²) >= 11 is 4.00. The zero-order valence-corrected chi connectivity index (χ0v) is 37.6. The fraction of sp³-hybridized carbons (Fsp3) is 0.721. The quantitative estimate of drug-likeness (QED) is 0.0584. The Balaban J connectivity index is 2.07. The molecule has 334 valence electrons. The number of hydrogen-bond acceptors (Lipinski definition) is 11. The molecule has 0 aliphatic carbocycles. The molecule has 1 saturated heterocycles. The number of nitrogens with one attached hydrogen (secondary N) is 3. The van der Waals surface area contributed by atoms with Crippen LogP contribution in [0.3, 0.4) is 0 Å². The molecule has 3 N–H and O–H groups in total. The number of esters is 1. The molecule has 1 unspecified atom stereocenters. The number of thiol groups is 1. The van der Waals surface area contributed by atoms with E-state index in [0.717, 1.165) is 18.4 Å². The van der Waals surface area contributed by atoms with Crippen molar-refractivity contribution in [3.05, 3.63) is 35.9 Å². The van der Waals surface area contributed by atoms with Gasteiger partial charge in [0.05, 0.1) is 49.8 Å². The van der Waals surface area contributed by atoms with Crippen LogP contribution in [0.1, 0.15) is 85.6 Å². The molecule has 16 heteroatoms. The van der Waals surface area contributed by atoms with Gasteiger partial charge in [-0.2, -0.15) is 12.6 Å². The van der Waals surface area contributed by atoms with Crippen LogP contribution in [0.2, 0.25) is 0 Å². The lowest BCUT2D eigenvalue weighted by Crippen LogP contribution is -2.55. The molecular weight excluding hydrogens is 779 g/mol. The van der Waals surface area contributed by atoms with Crippen molar-refractivity contribution in [2.75, 3.05) is 59.9 Å². The standard InChI is InChI=1S/C43H71N5O10S/c1-10-29(4)39(47(7)37(50)25-28(2)3)35(55-8)27-38(51)48-20-14-17-34(48)40(56-9)30(5)41(52)46-33(26-32-15-12-11-13-16-32)42(53)44-19-21-57-22-23-58-43(54)31(6)45-36(49)18-24-59/h11-13,15-16,28-31,33-35,39-40,59H,10,14,17-27H2,1-9H3,(H,44,53)(H,45,49)(H,46,52)/t29-,30+,31-,33-,34-,35+,39?,40+/m0/s1. The van der Waals surface area contributed by atoms with Gasteiger partial charge in [0.2, 0.25) is 29.5 Å². The van der Waals surface area contributed by atoms with Crippen LogP contribution >= 0.6 is 12.6 Å². The van der Waals surface area contributed by atoms with E-state index in [4.69, 9.17) is 18.9 Å². The Kier molecular flexibility index (Phi) is 23.7. The van der Waals surface area contributed by atoms with Crippen LogP contribution in [0.15, 0.2) is 30.3 Å². The molecule has 15 nitrogen and oxygen atoms in total. The predicted molar refractivity (Wildman–Crippen MR) is 229 cm³/mol. The van der Waals surface area contributed by atoms with Crippen molar-refractivity contribution in [3.63, 3.8) is 0 Å². The number of methoxy groups -OCH3 is 2. The van der Waals surface area contributed by atoms with Gasteiger partial charge in [-0.25, -0.2) is 4.79 Å². The van der Waals surface area contributed by atoms with E-state index in [9.17, 15) is 28.8 Å². The highest BCUT2D eigenvalue weighted by molar-refractivity contribution is 7.80. The molecule has 1 heterocycles. The Morgan fingerprint density at radius 3 is 2.22 bits per heavy atom. The maximum atomic E-state index is 14.1. The van der Waals surface area contributed by atoms with Crippen molar-refractivity contribution in [1.29, 1.82) is 0 Å². The molecule has 0 bridgehead atoms. The first-order valence-electron chi connectivity index (χ1n) is 21.0. The monoisotopic (exact) mass is 849 g/mol. The molecule has 1 aromatic carbocycles. The summed E-state index contributed by atoms with van der Waals surface area (Å²) in [6.45, 7) is 12.2. The second kappa shape index (κ2) is 27.2. The normalized spacial score (nSPS) is 17.5. The van der Waals surface area contributed by atoms with E-state index in [1.807, 2.05) is 44.2 Å². The fourth-order valence-corrected chi connectivity index (χ4v) is 7.66. The van der Waals surface area contributed by atoms with Crippen LogP contribution < -0.4 is 16.0 Å². The van der Waals surface area contributed by atoms with E-state index in [2.05, 4.69) is 42.4 Å². The van der Waals surface area contributed by atoms with E-state index in [1.165, 1.54) is 14.0 Å². The Labute approximate surface area is 357 Å². The van der Waals surface area contributed by atoms with Gasteiger partial charge in [-0.15, -0.1) is 0 Å². The van der Waals surface area contributed by atoms with Gasteiger partial charge in [-0.1, -0.05) is 71.4 Å². The largest absolute Gasteiger partial charge is 0.462 e. The molecule has 0 aromatic heterocycles. The molecule has 0 spiro atoms. The maximum Gasteiger partial charge on any atom is 0.328 e. The number of benzene rings is 1. The summed E-state index contributed by atoms with van der Waals surface area (Å²) in [6, 6.07) is 6.95. The first kappa shape index (κ1) is 51.4. The summed E-state index contributed by atoms with van der Waals surface area (Å²) in [5, 5.41) is 8.31. The summed E-state index contributed by atoms with van der Waals surface area (Å²) in [5.41, 5.74) is 0.852. The molecule has 8 atom stereocenters. The highest BCUT2D eigenvalue weighted by Crippen LogP contribution is 2.29. The molecule has 1 aromatic rings. The first-order chi connectivity index (χ1) is 28.1. The van der Waals surface area contributed by atoms with Gasteiger partial charge < -0.3 is 44.7 Å². The van der Waals surface area contributed by atoms with Crippen molar-refractivity contribution < 1.29 is 47.7 Å². The van der Waals surface area contributed by atoms with E-state index in [0.29, 0.717) is 25.1 Å². The fourth-order valence-electron chi connectivity index (χ4n) is 7.45. The van der Waals surface area contributed by atoms with Gasteiger partial charge in [-0.05, 0) is 42.9 Å². The maximum absolute atomic E-state index is 14.1. The van der Waals surface area contributed by atoms with Crippen molar-refractivity contribution in [2.45, 2.75) is 123 Å². The number of carbonyl (C=O) groups is 6. The van der Waals surface area contributed by atoms with Crippen LogP contribution in [-0.4, -0.2) is 142 Å². The van der Waals surface area contributed by atoms with Gasteiger partial charge in [0, 0.05) is 53.6 Å². The predicted octanol–water partition coefficient (Wildman–Crippen LogP) is 3.18. The van der Waals surface area contributed by atoms with E-state index < -0.39 is 48.0 Å². The summed E-state index contributed by atoms with van der Waals surface area (Å²) in [7, 11) is 4.90. The molecule has 2 rings (SSSR count). The van der Waals surface area contributed by atoms with Crippen molar-refractivity contribution in [3.8, 4) is 0 Å². The smallest absolute Gasteiger partial charge is 0.328 e. The highest BCUT2D eigenvalue weighted by Gasteiger charge is 2.42. The Bertz CT molecular complexity index is 1470. The average Bonchev–Trinajstić information content (AvgIpc) is 3.69. The number of nitrogens with zero attached hydrogens (tertiary/aromatic N) is 2. The van der Waals surface area contributed by atoms with Crippen LogP contribution in [0, 0.1) is 17.8 Å². The minimum absolute atomic E-state index is 0.0148. The average molecular weight is 850 g/mol. The number of carbonyl (C=O) groups excluding carboxylic acids is 6. The Morgan fingerprint density at radius 1 is 0.915 bits per heavy atom. The number of likely N-dealkylation sites (tertiary alicyclic amines) is 1. The molecule has 1 aliphatic rings. The molecule has 59 heavy (non-hydrogen) atoms. The van der Waals surface area contributed by atoms with Gasteiger partial charge in [-0.3, -0.25) is 24.0 Å². The van der Waals surface area contributed by atoms with Crippen LogP contribution in [0.5, 0.6) is 0 Å². The zero-order chi connectivity index (χ0) is 44.1. The molecular formula is C43H71N5O10S. The lowest BCUT2D eigenvalue weighted by Gasteiger charge is -2.39. The number of ether oxygens (including phenoxy) is 4.